The fourth-order valence-corrected chi connectivity index (χ4v) is 2.95. The van der Waals surface area contributed by atoms with E-state index in [1.807, 2.05) is 19.1 Å². The molecule has 1 N–H and O–H groups in total. The Hall–Kier alpha value is -1.06. The molecule has 1 aromatic rings. The zero-order valence-corrected chi connectivity index (χ0v) is 16.1. The Morgan fingerprint density at radius 3 is 2.87 bits per heavy atom. The summed E-state index contributed by atoms with van der Waals surface area (Å²) in [5.41, 5.74) is 2.29. The monoisotopic (exact) mass is 395 g/mol. The number of carbonyl (C=O) groups is 1. The van der Waals surface area contributed by atoms with Crippen LogP contribution in [0.2, 0.25) is 5.02 Å². The SMILES string of the molecule is CC(C=CC1CC1c1ccc(Cl)c(Br)c1)=CC(=O)NCC(C)C. The average Bonchev–Trinajstić information content (AvgIpc) is 3.25. The maximum absolute atomic E-state index is 11.7. The van der Waals surface area contributed by atoms with Crippen molar-refractivity contribution in [3.63, 3.8) is 0 Å². The number of hydrogen-bond acceptors (Lipinski definition) is 1. The van der Waals surface area contributed by atoms with Crippen LogP contribution >= 0.6 is 27.5 Å². The lowest BCUT2D eigenvalue weighted by Gasteiger charge is -2.04. The number of halogens is 2. The molecule has 1 amide bonds. The second-order valence-electron chi connectivity index (χ2n) is 6.57. The van der Waals surface area contributed by atoms with E-state index in [2.05, 4.69) is 53.3 Å². The summed E-state index contributed by atoms with van der Waals surface area (Å²) >= 11 is 9.50. The van der Waals surface area contributed by atoms with E-state index in [0.717, 1.165) is 21.5 Å². The van der Waals surface area contributed by atoms with Gasteiger partial charge in [0.05, 0.1) is 5.02 Å². The summed E-state index contributed by atoms with van der Waals surface area (Å²) < 4.78 is 0.948. The Morgan fingerprint density at radius 2 is 2.22 bits per heavy atom. The minimum absolute atomic E-state index is 0.0187. The highest BCUT2D eigenvalue weighted by Gasteiger charge is 2.36. The van der Waals surface area contributed by atoms with Gasteiger partial charge in [-0.2, -0.15) is 0 Å². The molecule has 1 aromatic carbocycles. The molecule has 0 bridgehead atoms. The van der Waals surface area contributed by atoms with Crippen molar-refractivity contribution in [1.82, 2.24) is 5.32 Å². The summed E-state index contributed by atoms with van der Waals surface area (Å²) in [6, 6.07) is 6.13. The van der Waals surface area contributed by atoms with Crippen molar-refractivity contribution in [2.24, 2.45) is 11.8 Å². The second-order valence-corrected chi connectivity index (χ2v) is 7.83. The lowest BCUT2D eigenvalue weighted by Crippen LogP contribution is -2.25. The van der Waals surface area contributed by atoms with Gasteiger partial charge in [-0.15, -0.1) is 0 Å². The van der Waals surface area contributed by atoms with Crippen LogP contribution in [0.25, 0.3) is 0 Å². The van der Waals surface area contributed by atoms with Crippen molar-refractivity contribution in [3.8, 4) is 0 Å². The number of carbonyl (C=O) groups excluding carboxylic acids is 1. The van der Waals surface area contributed by atoms with Crippen molar-refractivity contribution < 1.29 is 4.79 Å². The van der Waals surface area contributed by atoms with E-state index >= 15 is 0 Å². The molecular formula is C19H23BrClNO. The molecule has 4 heteroatoms. The fourth-order valence-electron chi connectivity index (χ4n) is 2.44. The Labute approximate surface area is 152 Å². The third kappa shape index (κ3) is 5.82. The van der Waals surface area contributed by atoms with E-state index in [-0.39, 0.29) is 5.91 Å². The molecule has 2 atom stereocenters. The zero-order valence-electron chi connectivity index (χ0n) is 13.8. The highest BCUT2D eigenvalue weighted by molar-refractivity contribution is 9.10. The summed E-state index contributed by atoms with van der Waals surface area (Å²) in [7, 11) is 0. The predicted molar refractivity (Wildman–Crippen MR) is 101 cm³/mol. The molecule has 1 fully saturated rings. The highest BCUT2D eigenvalue weighted by Crippen LogP contribution is 2.49. The van der Waals surface area contributed by atoms with Gasteiger partial charge in [-0.3, -0.25) is 4.79 Å². The Kier molecular flexibility index (Phi) is 6.49. The highest BCUT2D eigenvalue weighted by atomic mass is 79.9. The molecular weight excluding hydrogens is 374 g/mol. The van der Waals surface area contributed by atoms with Gasteiger partial charge in [0.25, 0.3) is 0 Å². The van der Waals surface area contributed by atoms with Crippen molar-refractivity contribution in [3.05, 3.63) is 57.1 Å². The standard InChI is InChI=1S/C19H23BrClNO/c1-12(2)11-22-19(23)8-13(3)4-5-14-9-16(14)15-6-7-18(21)17(20)10-15/h4-8,10,12,14,16H,9,11H2,1-3H3,(H,22,23). The molecule has 0 aromatic heterocycles. The van der Waals surface area contributed by atoms with Crippen LogP contribution < -0.4 is 5.32 Å². The summed E-state index contributed by atoms with van der Waals surface area (Å²) in [5, 5.41) is 3.64. The van der Waals surface area contributed by atoms with Crippen LogP contribution in [0.3, 0.4) is 0 Å². The maximum Gasteiger partial charge on any atom is 0.244 e. The minimum Gasteiger partial charge on any atom is -0.352 e. The molecule has 2 rings (SSSR count). The molecule has 0 spiro atoms. The predicted octanol–water partition coefficient (Wildman–Crippen LogP) is 5.48. The van der Waals surface area contributed by atoms with Crippen molar-refractivity contribution in [1.29, 1.82) is 0 Å². The van der Waals surface area contributed by atoms with Crippen molar-refractivity contribution in [2.45, 2.75) is 33.1 Å². The van der Waals surface area contributed by atoms with E-state index in [1.165, 1.54) is 5.56 Å². The molecule has 2 nitrogen and oxygen atoms in total. The first kappa shape index (κ1) is 18.3. The number of rotatable bonds is 6. The summed E-state index contributed by atoms with van der Waals surface area (Å²) in [6.45, 7) is 6.84. The average molecular weight is 397 g/mol. The normalized spacial score (nSPS) is 21.0. The summed E-state index contributed by atoms with van der Waals surface area (Å²) in [5.74, 6) is 1.55. The Balaban J connectivity index is 1.87. The smallest absolute Gasteiger partial charge is 0.244 e. The molecule has 0 radical (unpaired) electrons. The van der Waals surface area contributed by atoms with Gasteiger partial charge in [-0.1, -0.05) is 43.7 Å². The molecule has 0 heterocycles. The third-order valence-corrected chi connectivity index (χ3v) is 5.08. The lowest BCUT2D eigenvalue weighted by molar-refractivity contribution is -0.116. The van der Waals surface area contributed by atoms with E-state index < -0.39 is 0 Å². The number of benzene rings is 1. The fraction of sp³-hybridized carbons (Fsp3) is 0.421. The molecule has 0 saturated heterocycles. The number of hydrogen-bond donors (Lipinski definition) is 1. The molecule has 23 heavy (non-hydrogen) atoms. The lowest BCUT2D eigenvalue weighted by atomic mass is 10.1. The topological polar surface area (TPSA) is 29.1 Å². The van der Waals surface area contributed by atoms with Crippen LogP contribution in [0.5, 0.6) is 0 Å². The first-order valence-corrected chi connectivity index (χ1v) is 9.13. The quantitative estimate of drug-likeness (QED) is 0.500. The van der Waals surface area contributed by atoms with E-state index in [1.54, 1.807) is 6.08 Å². The van der Waals surface area contributed by atoms with Gasteiger partial charge in [0, 0.05) is 17.1 Å². The number of allylic oxidation sites excluding steroid dienone is 3. The number of nitrogens with one attached hydrogen (secondary N) is 1. The van der Waals surface area contributed by atoms with E-state index in [0.29, 0.717) is 24.3 Å². The first-order valence-electron chi connectivity index (χ1n) is 7.96. The Morgan fingerprint density at radius 1 is 1.48 bits per heavy atom. The first-order chi connectivity index (χ1) is 10.9. The Bertz CT molecular complexity index is 636. The van der Waals surface area contributed by atoms with Gasteiger partial charge in [0.2, 0.25) is 5.91 Å². The molecule has 0 aliphatic heterocycles. The van der Waals surface area contributed by atoms with Crippen LogP contribution in [0.1, 0.15) is 38.7 Å². The van der Waals surface area contributed by atoms with Gasteiger partial charge in [0.1, 0.15) is 0 Å². The van der Waals surface area contributed by atoms with Gasteiger partial charge < -0.3 is 5.32 Å². The van der Waals surface area contributed by atoms with Crippen LogP contribution in [0.4, 0.5) is 0 Å². The van der Waals surface area contributed by atoms with Gasteiger partial charge in [-0.25, -0.2) is 0 Å². The van der Waals surface area contributed by atoms with E-state index in [4.69, 9.17) is 11.6 Å². The van der Waals surface area contributed by atoms with Gasteiger partial charge in [0.15, 0.2) is 0 Å². The molecule has 2 unspecified atom stereocenters. The van der Waals surface area contributed by atoms with Crippen LogP contribution in [-0.4, -0.2) is 12.5 Å². The largest absolute Gasteiger partial charge is 0.352 e. The van der Waals surface area contributed by atoms with Crippen LogP contribution in [0.15, 0.2) is 46.5 Å². The third-order valence-electron chi connectivity index (χ3n) is 3.86. The van der Waals surface area contributed by atoms with E-state index in [9.17, 15) is 4.79 Å². The summed E-state index contributed by atoms with van der Waals surface area (Å²) in [6.07, 6.45) is 7.06. The second kappa shape index (κ2) is 8.16. The van der Waals surface area contributed by atoms with Crippen LogP contribution in [0, 0.1) is 11.8 Å². The zero-order chi connectivity index (χ0) is 17.0. The van der Waals surface area contributed by atoms with Crippen molar-refractivity contribution >= 4 is 33.4 Å². The number of amides is 1. The van der Waals surface area contributed by atoms with Crippen molar-refractivity contribution in [2.75, 3.05) is 6.54 Å². The molecule has 1 aliphatic carbocycles. The van der Waals surface area contributed by atoms with Gasteiger partial charge >= 0.3 is 0 Å². The van der Waals surface area contributed by atoms with Crippen LogP contribution in [-0.2, 0) is 4.79 Å². The summed E-state index contributed by atoms with van der Waals surface area (Å²) in [4.78, 5) is 11.7. The maximum atomic E-state index is 11.7. The van der Waals surface area contributed by atoms with Gasteiger partial charge in [-0.05, 0) is 70.3 Å². The molecule has 1 aliphatic rings. The molecule has 124 valence electrons. The minimum atomic E-state index is -0.0187. The molecule has 1 saturated carbocycles.